The van der Waals surface area contributed by atoms with Crippen molar-refractivity contribution in [1.29, 1.82) is 0 Å². The number of anilines is 1. The molecule has 0 bridgehead atoms. The molecule has 74 valence electrons. The van der Waals surface area contributed by atoms with Crippen LogP contribution in [0.4, 0.5) is 5.69 Å². The van der Waals surface area contributed by atoms with Crippen LogP contribution in [0.1, 0.15) is 0 Å². The number of halogens is 1. The number of nitrogens with one attached hydrogen (secondary N) is 1. The average molecular weight is 299 g/mol. The molecule has 3 heteroatoms. The van der Waals surface area contributed by atoms with E-state index < -0.39 is 0 Å². The monoisotopic (exact) mass is 299 g/mol. The molecule has 0 unspecified atom stereocenters. The molecule has 0 saturated heterocycles. The molecule has 0 aliphatic carbocycles. The van der Waals surface area contributed by atoms with Crippen LogP contribution in [0.3, 0.4) is 0 Å². The number of benzene rings is 1. The minimum absolute atomic E-state index is 0.0284. The van der Waals surface area contributed by atoms with Crippen molar-refractivity contribution in [3.63, 3.8) is 0 Å². The van der Waals surface area contributed by atoms with Gasteiger partial charge in [0.2, 0.25) is 0 Å². The second-order valence-electron chi connectivity index (χ2n) is 2.98. The number of rotatable bonds is 2. The Bertz CT molecular complexity index is 365. The molecule has 0 aromatic heterocycles. The van der Waals surface area contributed by atoms with Gasteiger partial charge in [-0.15, -0.1) is 0 Å². The van der Waals surface area contributed by atoms with E-state index in [0.29, 0.717) is 0 Å². The van der Waals surface area contributed by atoms with E-state index >= 15 is 0 Å². The quantitative estimate of drug-likeness (QED) is 0.517. The van der Waals surface area contributed by atoms with Gasteiger partial charge in [0.15, 0.2) is 0 Å². The topological polar surface area (TPSA) is 38.0 Å². The van der Waals surface area contributed by atoms with Gasteiger partial charge in [0.05, 0.1) is 0 Å². The van der Waals surface area contributed by atoms with Crippen LogP contribution in [0.25, 0.3) is 0 Å². The number of hydrogen-bond acceptors (Lipinski definition) is 2. The van der Waals surface area contributed by atoms with Gasteiger partial charge in [-0.3, -0.25) is 0 Å². The van der Waals surface area contributed by atoms with Crippen molar-refractivity contribution in [2.75, 3.05) is 12.3 Å². The molecule has 1 aliphatic heterocycles. The molecule has 0 radical (unpaired) electrons. The summed E-state index contributed by atoms with van der Waals surface area (Å²) in [5, 5.41) is 3.15. The van der Waals surface area contributed by atoms with E-state index in [9.17, 15) is 0 Å². The summed E-state index contributed by atoms with van der Waals surface area (Å²) >= 11 is -0.0284. The van der Waals surface area contributed by atoms with Gasteiger partial charge in [-0.25, -0.2) is 0 Å². The predicted molar refractivity (Wildman–Crippen MR) is 54.8 cm³/mol. The number of allylic oxidation sites excluding steroid dienone is 2. The molecule has 2 nitrogen and oxygen atoms in total. The van der Waals surface area contributed by atoms with E-state index in [2.05, 4.69) is 29.6 Å². The zero-order valence-corrected chi connectivity index (χ0v) is 9.86. The van der Waals surface area contributed by atoms with Crippen LogP contribution in [-0.4, -0.2) is 6.54 Å². The van der Waals surface area contributed by atoms with Crippen LogP contribution >= 0.6 is 0 Å². The van der Waals surface area contributed by atoms with Gasteiger partial charge in [-0.2, -0.15) is 0 Å². The number of nitrogens with two attached hydrogens (primary N) is 1. The first-order valence-corrected chi connectivity index (χ1v) is 6.61. The molecule has 0 atom stereocenters. The Balaban J connectivity index is 2.07. The van der Waals surface area contributed by atoms with Crippen molar-refractivity contribution >= 4 is 5.69 Å². The van der Waals surface area contributed by atoms with Crippen LogP contribution in [-0.2, 0) is 0 Å². The molecule has 1 aromatic rings. The first-order chi connectivity index (χ1) is 6.84. The average Bonchev–Trinajstić information content (AvgIpc) is 2.23. The fraction of sp³-hybridized carbons (Fsp3) is 0.0909. The predicted octanol–water partition coefficient (Wildman–Crippen LogP) is -1.47. The van der Waals surface area contributed by atoms with Crippen molar-refractivity contribution in [3.05, 3.63) is 49.8 Å². The molecular weight excluding hydrogens is 287 g/mol. The standard InChI is InChI=1S/C11H12IN2/c13-11-3-1-9(2-4-11)12-10-5-7-14-8-6-10/h1-7,14H,8,13H2/q-1. The van der Waals surface area contributed by atoms with E-state index in [1.165, 1.54) is 7.15 Å². The molecule has 3 N–H and O–H groups in total. The fourth-order valence-electron chi connectivity index (χ4n) is 1.15. The van der Waals surface area contributed by atoms with E-state index in [4.69, 9.17) is 5.73 Å². The third-order valence-corrected chi connectivity index (χ3v) is 4.63. The van der Waals surface area contributed by atoms with Gasteiger partial charge >= 0.3 is 94.3 Å². The molecule has 1 heterocycles. The van der Waals surface area contributed by atoms with E-state index in [-0.39, 0.29) is 21.2 Å². The second-order valence-corrected chi connectivity index (χ2v) is 6.01. The summed E-state index contributed by atoms with van der Waals surface area (Å²) in [5.41, 5.74) is 6.47. The van der Waals surface area contributed by atoms with Gasteiger partial charge in [-0.1, -0.05) is 0 Å². The van der Waals surface area contributed by atoms with E-state index in [0.717, 1.165) is 12.2 Å². The third kappa shape index (κ3) is 2.51. The molecular formula is C11H12IN2-. The Morgan fingerprint density at radius 1 is 1.21 bits per heavy atom. The Morgan fingerprint density at radius 2 is 2.00 bits per heavy atom. The zero-order valence-electron chi connectivity index (χ0n) is 7.70. The van der Waals surface area contributed by atoms with Crippen molar-refractivity contribution in [3.8, 4) is 0 Å². The van der Waals surface area contributed by atoms with Crippen LogP contribution < -0.4 is 32.3 Å². The van der Waals surface area contributed by atoms with Crippen LogP contribution in [0.15, 0.2) is 46.2 Å². The van der Waals surface area contributed by atoms with Gasteiger partial charge in [0.25, 0.3) is 0 Å². The Labute approximate surface area is 94.1 Å². The molecule has 0 amide bonds. The summed E-state index contributed by atoms with van der Waals surface area (Å²) in [6.07, 6.45) is 6.43. The summed E-state index contributed by atoms with van der Waals surface area (Å²) in [7, 11) is 0. The van der Waals surface area contributed by atoms with Crippen LogP contribution in [0.2, 0.25) is 0 Å². The normalized spacial score (nSPS) is 15.0. The maximum atomic E-state index is 5.63. The molecule has 0 spiro atoms. The second kappa shape index (κ2) is 4.50. The Hall–Kier alpha value is -0.970. The SMILES string of the molecule is Nc1ccc([I-]C2=CCNC=C2)cc1. The molecule has 0 saturated carbocycles. The first kappa shape index (κ1) is 9.58. The van der Waals surface area contributed by atoms with Gasteiger partial charge in [-0.05, 0) is 0 Å². The maximum absolute atomic E-state index is 5.63. The molecule has 1 aliphatic rings. The Morgan fingerprint density at radius 3 is 2.64 bits per heavy atom. The van der Waals surface area contributed by atoms with Gasteiger partial charge in [0.1, 0.15) is 0 Å². The zero-order chi connectivity index (χ0) is 9.80. The number of dihydropyridines is 1. The van der Waals surface area contributed by atoms with E-state index in [1.54, 1.807) is 0 Å². The minimum atomic E-state index is -0.0284. The molecule has 2 rings (SSSR count). The summed E-state index contributed by atoms with van der Waals surface area (Å²) in [5.74, 6) is 0. The molecule has 0 fully saturated rings. The summed E-state index contributed by atoms with van der Waals surface area (Å²) in [4.78, 5) is 0. The van der Waals surface area contributed by atoms with Crippen molar-refractivity contribution < 1.29 is 21.2 Å². The molecule has 1 aromatic carbocycles. The summed E-state index contributed by atoms with van der Waals surface area (Å²) in [6.45, 7) is 0.959. The van der Waals surface area contributed by atoms with Crippen molar-refractivity contribution in [2.24, 2.45) is 0 Å². The summed E-state index contributed by atoms with van der Waals surface area (Å²) in [6, 6.07) is 8.19. The van der Waals surface area contributed by atoms with Crippen LogP contribution in [0, 0.1) is 3.57 Å². The van der Waals surface area contributed by atoms with Crippen LogP contribution in [0.5, 0.6) is 0 Å². The third-order valence-electron chi connectivity index (χ3n) is 1.86. The fourth-order valence-corrected chi connectivity index (χ4v) is 3.39. The summed E-state index contributed by atoms with van der Waals surface area (Å²) < 4.78 is 2.88. The van der Waals surface area contributed by atoms with Crippen molar-refractivity contribution in [1.82, 2.24) is 5.32 Å². The molecule has 14 heavy (non-hydrogen) atoms. The number of nitrogen functional groups attached to an aromatic ring is 1. The van der Waals surface area contributed by atoms with Crippen molar-refractivity contribution in [2.45, 2.75) is 0 Å². The number of hydrogen-bond donors (Lipinski definition) is 2. The van der Waals surface area contributed by atoms with E-state index in [1.807, 2.05) is 18.3 Å². The van der Waals surface area contributed by atoms with Gasteiger partial charge < -0.3 is 0 Å². The Kier molecular flexibility index (Phi) is 3.08. The first-order valence-electron chi connectivity index (χ1n) is 4.45. The van der Waals surface area contributed by atoms with Gasteiger partial charge in [0, 0.05) is 0 Å².